The first-order valence-corrected chi connectivity index (χ1v) is 7.62. The van der Waals surface area contributed by atoms with E-state index in [1.807, 2.05) is 31.2 Å². The summed E-state index contributed by atoms with van der Waals surface area (Å²) in [4.78, 5) is 27.5. The maximum Gasteiger partial charge on any atom is 0.335 e. The lowest BCUT2D eigenvalue weighted by molar-refractivity contribution is 0.0696. The summed E-state index contributed by atoms with van der Waals surface area (Å²) in [5.74, 6) is -0.977. The third-order valence-corrected chi connectivity index (χ3v) is 4.14. The van der Waals surface area contributed by atoms with Crippen molar-refractivity contribution in [3.8, 4) is 0 Å². The monoisotopic (exact) mass is 310 g/mol. The van der Waals surface area contributed by atoms with E-state index in [2.05, 4.69) is 10.3 Å². The van der Waals surface area contributed by atoms with Gasteiger partial charge < -0.3 is 10.4 Å². The summed E-state index contributed by atoms with van der Waals surface area (Å²) < 4.78 is 0. The molecule has 0 bridgehead atoms. The van der Waals surface area contributed by atoms with Gasteiger partial charge in [-0.05, 0) is 48.9 Å². The Hall–Kier alpha value is -2.69. The first-order valence-electron chi connectivity index (χ1n) is 7.62. The lowest BCUT2D eigenvalue weighted by Gasteiger charge is -2.20. The minimum atomic E-state index is -1.07. The molecule has 1 aromatic carbocycles. The molecule has 0 aliphatic heterocycles. The van der Waals surface area contributed by atoms with E-state index < -0.39 is 5.97 Å². The molecule has 1 saturated carbocycles. The molecule has 1 amide bonds. The van der Waals surface area contributed by atoms with E-state index in [0.717, 1.165) is 24.0 Å². The van der Waals surface area contributed by atoms with Crippen molar-refractivity contribution >= 4 is 11.9 Å². The number of aromatic carboxylic acids is 1. The Morgan fingerprint density at radius 2 is 2.00 bits per heavy atom. The van der Waals surface area contributed by atoms with Crippen LogP contribution in [0.25, 0.3) is 0 Å². The molecule has 5 heteroatoms. The Balaban J connectivity index is 1.84. The van der Waals surface area contributed by atoms with Gasteiger partial charge in [-0.2, -0.15) is 0 Å². The summed E-state index contributed by atoms with van der Waals surface area (Å²) in [5, 5.41) is 12.1. The minimum Gasteiger partial charge on any atom is -0.478 e. The zero-order valence-electron chi connectivity index (χ0n) is 12.8. The summed E-state index contributed by atoms with van der Waals surface area (Å²) in [6.45, 7) is 2.03. The van der Waals surface area contributed by atoms with Crippen LogP contribution in [-0.4, -0.2) is 22.0 Å². The van der Waals surface area contributed by atoms with E-state index in [9.17, 15) is 9.59 Å². The Morgan fingerprint density at radius 3 is 2.65 bits per heavy atom. The number of carboxylic acid groups (broad SMARTS) is 1. The zero-order chi connectivity index (χ0) is 16.4. The largest absolute Gasteiger partial charge is 0.478 e. The highest BCUT2D eigenvalue weighted by Gasteiger charge is 2.34. The third kappa shape index (κ3) is 3.39. The van der Waals surface area contributed by atoms with Crippen LogP contribution in [0.3, 0.4) is 0 Å². The highest BCUT2D eigenvalue weighted by Crippen LogP contribution is 2.41. The number of nitrogens with zero attached hydrogens (tertiary/aromatic N) is 1. The molecule has 1 fully saturated rings. The van der Waals surface area contributed by atoms with Crippen LogP contribution in [0.2, 0.25) is 0 Å². The van der Waals surface area contributed by atoms with Crippen molar-refractivity contribution in [2.24, 2.45) is 5.92 Å². The number of carboxylic acids is 1. The van der Waals surface area contributed by atoms with Crippen molar-refractivity contribution in [1.82, 2.24) is 10.3 Å². The fourth-order valence-electron chi connectivity index (χ4n) is 2.72. The van der Waals surface area contributed by atoms with Crippen LogP contribution >= 0.6 is 0 Å². The number of hydrogen-bond acceptors (Lipinski definition) is 3. The Bertz CT molecular complexity index is 753. The van der Waals surface area contributed by atoms with Crippen molar-refractivity contribution in [3.63, 3.8) is 0 Å². The minimum absolute atomic E-state index is 0.0565. The lowest BCUT2D eigenvalue weighted by atomic mass is 9.97. The average Bonchev–Trinajstić information content (AvgIpc) is 3.38. The van der Waals surface area contributed by atoms with Gasteiger partial charge in [-0.3, -0.25) is 9.78 Å². The fraction of sp³-hybridized carbons (Fsp3) is 0.278. The van der Waals surface area contributed by atoms with E-state index in [-0.39, 0.29) is 23.2 Å². The second-order valence-corrected chi connectivity index (χ2v) is 5.88. The Morgan fingerprint density at radius 1 is 1.26 bits per heavy atom. The van der Waals surface area contributed by atoms with Crippen LogP contribution in [0.5, 0.6) is 0 Å². The van der Waals surface area contributed by atoms with Crippen LogP contribution in [0.4, 0.5) is 0 Å². The van der Waals surface area contributed by atoms with Gasteiger partial charge in [0, 0.05) is 6.20 Å². The number of carbonyl (C=O) groups excluding carboxylic acids is 1. The van der Waals surface area contributed by atoms with Crippen LogP contribution in [0.15, 0.2) is 42.6 Å². The molecule has 3 rings (SSSR count). The molecule has 1 aliphatic rings. The van der Waals surface area contributed by atoms with Gasteiger partial charge in [0.05, 0.1) is 11.6 Å². The van der Waals surface area contributed by atoms with E-state index >= 15 is 0 Å². The van der Waals surface area contributed by atoms with Gasteiger partial charge >= 0.3 is 5.97 Å². The number of rotatable bonds is 5. The molecule has 2 aromatic rings. The highest BCUT2D eigenvalue weighted by molar-refractivity contribution is 5.96. The van der Waals surface area contributed by atoms with E-state index in [1.54, 1.807) is 0 Å². The SMILES string of the molecule is Cc1ccccc1C(NC(=O)c1cc(C(=O)O)ccn1)C1CC1. The second-order valence-electron chi connectivity index (χ2n) is 5.88. The normalized spacial score (nSPS) is 15.0. The molecule has 0 radical (unpaired) electrons. The number of amides is 1. The highest BCUT2D eigenvalue weighted by atomic mass is 16.4. The van der Waals surface area contributed by atoms with Gasteiger partial charge in [-0.1, -0.05) is 24.3 Å². The number of aromatic nitrogens is 1. The predicted molar refractivity (Wildman–Crippen MR) is 85.3 cm³/mol. The van der Waals surface area contributed by atoms with Crippen LogP contribution in [0, 0.1) is 12.8 Å². The van der Waals surface area contributed by atoms with Crippen LogP contribution in [-0.2, 0) is 0 Å². The average molecular weight is 310 g/mol. The van der Waals surface area contributed by atoms with Gasteiger partial charge in [0.2, 0.25) is 0 Å². The van der Waals surface area contributed by atoms with E-state index in [1.165, 1.54) is 18.3 Å². The fourth-order valence-corrected chi connectivity index (χ4v) is 2.72. The van der Waals surface area contributed by atoms with Crippen molar-refractivity contribution in [1.29, 1.82) is 0 Å². The number of nitrogens with one attached hydrogen (secondary N) is 1. The molecular weight excluding hydrogens is 292 g/mol. The first kappa shape index (κ1) is 15.2. The Kier molecular flexibility index (Phi) is 4.10. The van der Waals surface area contributed by atoms with E-state index in [4.69, 9.17) is 5.11 Å². The molecule has 1 atom stereocenters. The molecule has 5 nitrogen and oxygen atoms in total. The van der Waals surface area contributed by atoms with Gasteiger partial charge in [0.15, 0.2) is 0 Å². The molecule has 1 aliphatic carbocycles. The quantitative estimate of drug-likeness (QED) is 0.890. The Labute approximate surface area is 134 Å². The summed E-state index contributed by atoms with van der Waals surface area (Å²) >= 11 is 0. The lowest BCUT2D eigenvalue weighted by Crippen LogP contribution is -2.31. The van der Waals surface area contributed by atoms with Gasteiger partial charge in [-0.25, -0.2) is 4.79 Å². The zero-order valence-corrected chi connectivity index (χ0v) is 12.8. The number of aryl methyl sites for hydroxylation is 1. The van der Waals surface area contributed by atoms with Gasteiger partial charge in [0.1, 0.15) is 5.69 Å². The maximum atomic E-state index is 12.5. The summed E-state index contributed by atoms with van der Waals surface area (Å²) in [7, 11) is 0. The second kappa shape index (κ2) is 6.20. The van der Waals surface area contributed by atoms with Crippen molar-refractivity contribution in [2.45, 2.75) is 25.8 Å². The molecule has 0 spiro atoms. The summed E-state index contributed by atoms with van der Waals surface area (Å²) in [6, 6.07) is 10.6. The molecule has 2 N–H and O–H groups in total. The number of carbonyl (C=O) groups is 2. The maximum absolute atomic E-state index is 12.5. The van der Waals surface area contributed by atoms with Gasteiger partial charge in [-0.15, -0.1) is 0 Å². The molecule has 1 unspecified atom stereocenters. The predicted octanol–water partition coefficient (Wildman–Crippen LogP) is 2.97. The molecule has 1 aromatic heterocycles. The van der Waals surface area contributed by atoms with Crippen molar-refractivity contribution < 1.29 is 14.7 Å². The molecule has 0 saturated heterocycles. The number of benzene rings is 1. The molecule has 1 heterocycles. The third-order valence-electron chi connectivity index (χ3n) is 4.14. The molecular formula is C18H18N2O3. The standard InChI is InChI=1S/C18H18N2O3/c1-11-4-2-3-5-14(11)16(12-6-7-12)20-17(21)15-10-13(18(22)23)8-9-19-15/h2-5,8-10,12,16H,6-7H2,1H3,(H,20,21)(H,22,23). The van der Waals surface area contributed by atoms with Crippen molar-refractivity contribution in [3.05, 3.63) is 65.0 Å². The summed E-state index contributed by atoms with van der Waals surface area (Å²) in [6.07, 6.45) is 3.52. The number of hydrogen-bond donors (Lipinski definition) is 2. The molecule has 118 valence electrons. The van der Waals surface area contributed by atoms with E-state index in [0.29, 0.717) is 5.92 Å². The first-order chi connectivity index (χ1) is 11.1. The smallest absolute Gasteiger partial charge is 0.335 e. The van der Waals surface area contributed by atoms with Crippen LogP contribution in [0.1, 0.15) is 50.9 Å². The van der Waals surface area contributed by atoms with Crippen molar-refractivity contribution in [2.75, 3.05) is 0 Å². The summed E-state index contributed by atoms with van der Waals surface area (Å²) in [5.41, 5.74) is 2.43. The van der Waals surface area contributed by atoms with Crippen LogP contribution < -0.4 is 5.32 Å². The molecule has 23 heavy (non-hydrogen) atoms. The topological polar surface area (TPSA) is 79.3 Å². The van der Waals surface area contributed by atoms with Gasteiger partial charge in [0.25, 0.3) is 5.91 Å². The number of pyridine rings is 1.